The number of benzene rings is 1. The summed E-state index contributed by atoms with van der Waals surface area (Å²) in [7, 11) is 1.67. The molecule has 2 rings (SSSR count). The maximum atomic E-state index is 11.2. The van der Waals surface area contributed by atoms with Crippen LogP contribution in [0, 0.1) is 17.0 Å². The minimum Gasteiger partial charge on any atom is -0.357 e. The van der Waals surface area contributed by atoms with Crippen LogP contribution in [0.25, 0.3) is 0 Å². The Kier molecular flexibility index (Phi) is 4.59. The Hall–Kier alpha value is -2.35. The van der Waals surface area contributed by atoms with E-state index in [-0.39, 0.29) is 11.5 Å². The summed E-state index contributed by atoms with van der Waals surface area (Å²) in [6.07, 6.45) is 1.97. The Bertz CT molecular complexity index is 678. The number of nitro groups is 1. The number of rotatable bonds is 5. The first-order valence-electron chi connectivity index (χ1n) is 6.17. The number of aromatic nitrogens is 2. The molecule has 0 atom stereocenters. The van der Waals surface area contributed by atoms with Gasteiger partial charge in [0.25, 0.3) is 0 Å². The van der Waals surface area contributed by atoms with Crippen molar-refractivity contribution in [3.8, 4) is 0 Å². The first-order valence-corrected chi connectivity index (χ1v) is 7.39. The first kappa shape index (κ1) is 15.0. The summed E-state index contributed by atoms with van der Waals surface area (Å²) < 4.78 is 0. The summed E-state index contributed by atoms with van der Waals surface area (Å²) in [6, 6.07) is 7.59. The molecule has 1 aromatic heterocycles. The van der Waals surface area contributed by atoms with Crippen LogP contribution in [-0.4, -0.2) is 28.2 Å². The molecule has 0 spiro atoms. The lowest BCUT2D eigenvalue weighted by atomic mass is 10.3. The molecule has 0 radical (unpaired) electrons. The van der Waals surface area contributed by atoms with E-state index in [4.69, 9.17) is 0 Å². The third-order valence-corrected chi connectivity index (χ3v) is 3.52. The van der Waals surface area contributed by atoms with Gasteiger partial charge in [0.2, 0.25) is 11.8 Å². The van der Waals surface area contributed by atoms with Gasteiger partial charge in [-0.2, -0.15) is 4.98 Å². The molecule has 0 fully saturated rings. The Morgan fingerprint density at radius 3 is 2.71 bits per heavy atom. The molecule has 1 aromatic carbocycles. The average Bonchev–Trinajstić information content (AvgIpc) is 2.46. The number of anilines is 3. The van der Waals surface area contributed by atoms with Gasteiger partial charge >= 0.3 is 5.69 Å². The van der Waals surface area contributed by atoms with Crippen molar-refractivity contribution in [1.29, 1.82) is 0 Å². The number of aryl methyl sites for hydroxylation is 1. The van der Waals surface area contributed by atoms with Gasteiger partial charge in [-0.05, 0) is 31.4 Å². The molecule has 0 aliphatic heterocycles. The Labute approximate surface area is 126 Å². The number of hydrogen-bond donors (Lipinski definition) is 2. The zero-order valence-corrected chi connectivity index (χ0v) is 12.7. The fourth-order valence-corrected chi connectivity index (χ4v) is 2.28. The van der Waals surface area contributed by atoms with Gasteiger partial charge in [-0.3, -0.25) is 10.1 Å². The van der Waals surface area contributed by atoms with Crippen molar-refractivity contribution in [2.75, 3.05) is 23.9 Å². The van der Waals surface area contributed by atoms with E-state index >= 15 is 0 Å². The van der Waals surface area contributed by atoms with Crippen LogP contribution < -0.4 is 10.6 Å². The van der Waals surface area contributed by atoms with Crippen LogP contribution in [0.5, 0.6) is 0 Å². The van der Waals surface area contributed by atoms with Crippen LogP contribution in [0.4, 0.5) is 23.1 Å². The Morgan fingerprint density at radius 2 is 2.10 bits per heavy atom. The topological polar surface area (TPSA) is 93.0 Å². The fourth-order valence-electron chi connectivity index (χ4n) is 1.82. The molecule has 8 heteroatoms. The third kappa shape index (κ3) is 3.40. The second kappa shape index (κ2) is 6.40. The summed E-state index contributed by atoms with van der Waals surface area (Å²) in [5.41, 5.74) is 0.927. The van der Waals surface area contributed by atoms with Gasteiger partial charge in [-0.1, -0.05) is 6.07 Å². The maximum Gasteiger partial charge on any atom is 0.332 e. The van der Waals surface area contributed by atoms with Crippen LogP contribution in [0.15, 0.2) is 29.2 Å². The number of hydrogen-bond acceptors (Lipinski definition) is 7. The lowest BCUT2D eigenvalue weighted by molar-refractivity contribution is -0.385. The molecule has 0 aliphatic carbocycles. The van der Waals surface area contributed by atoms with E-state index in [1.807, 2.05) is 30.5 Å². The van der Waals surface area contributed by atoms with Crippen LogP contribution in [0.1, 0.15) is 5.69 Å². The molecule has 0 amide bonds. The SMILES string of the molecule is CNc1nc(C)c([N+](=O)[O-])c(Nc2cccc(SC)c2)n1. The highest BCUT2D eigenvalue weighted by molar-refractivity contribution is 7.98. The Balaban J connectivity index is 2.46. The molecule has 0 bridgehead atoms. The van der Waals surface area contributed by atoms with Gasteiger partial charge in [0, 0.05) is 17.6 Å². The molecular formula is C13H15N5O2S. The van der Waals surface area contributed by atoms with Gasteiger partial charge in [-0.15, -0.1) is 11.8 Å². The summed E-state index contributed by atoms with van der Waals surface area (Å²) >= 11 is 1.60. The standard InChI is InChI=1S/C13H15N5O2S/c1-8-11(18(19)20)12(17-13(14-2)15-8)16-9-5-4-6-10(7-9)21-3/h4-7H,1-3H3,(H2,14,15,16,17). The van der Waals surface area contributed by atoms with E-state index in [1.54, 1.807) is 25.7 Å². The normalized spacial score (nSPS) is 10.2. The fraction of sp³-hybridized carbons (Fsp3) is 0.231. The average molecular weight is 305 g/mol. The van der Waals surface area contributed by atoms with Crippen LogP contribution >= 0.6 is 11.8 Å². The van der Waals surface area contributed by atoms with Crippen molar-refractivity contribution >= 4 is 34.9 Å². The zero-order chi connectivity index (χ0) is 15.4. The molecule has 2 aromatic rings. The van der Waals surface area contributed by atoms with Crippen molar-refractivity contribution in [1.82, 2.24) is 9.97 Å². The predicted molar refractivity (Wildman–Crippen MR) is 84.5 cm³/mol. The lowest BCUT2D eigenvalue weighted by Crippen LogP contribution is -2.07. The van der Waals surface area contributed by atoms with E-state index in [1.165, 1.54) is 0 Å². The maximum absolute atomic E-state index is 11.2. The summed E-state index contributed by atoms with van der Waals surface area (Å²) in [4.78, 5) is 20.0. The monoisotopic (exact) mass is 305 g/mol. The second-order valence-corrected chi connectivity index (χ2v) is 5.07. The minimum atomic E-state index is -0.477. The summed E-state index contributed by atoms with van der Waals surface area (Å²) in [5.74, 6) is 0.511. The molecule has 21 heavy (non-hydrogen) atoms. The number of thioether (sulfide) groups is 1. The molecule has 0 aliphatic rings. The van der Waals surface area contributed by atoms with Gasteiger partial charge < -0.3 is 10.6 Å². The highest BCUT2D eigenvalue weighted by atomic mass is 32.2. The molecule has 7 nitrogen and oxygen atoms in total. The highest BCUT2D eigenvalue weighted by Crippen LogP contribution is 2.30. The molecule has 0 saturated heterocycles. The van der Waals surface area contributed by atoms with Crippen LogP contribution in [0.3, 0.4) is 0 Å². The van der Waals surface area contributed by atoms with E-state index in [9.17, 15) is 10.1 Å². The molecule has 1 heterocycles. The van der Waals surface area contributed by atoms with Gasteiger partial charge in [-0.25, -0.2) is 4.98 Å². The number of nitrogens with zero attached hydrogens (tertiary/aromatic N) is 3. The van der Waals surface area contributed by atoms with Gasteiger partial charge in [0.15, 0.2) is 0 Å². The highest BCUT2D eigenvalue weighted by Gasteiger charge is 2.22. The molecule has 2 N–H and O–H groups in total. The van der Waals surface area contributed by atoms with Crippen molar-refractivity contribution in [3.63, 3.8) is 0 Å². The van der Waals surface area contributed by atoms with E-state index in [0.29, 0.717) is 11.6 Å². The van der Waals surface area contributed by atoms with Crippen molar-refractivity contribution in [3.05, 3.63) is 40.1 Å². The van der Waals surface area contributed by atoms with Crippen LogP contribution in [0.2, 0.25) is 0 Å². The summed E-state index contributed by atoms with van der Waals surface area (Å²) in [6.45, 7) is 1.59. The zero-order valence-electron chi connectivity index (χ0n) is 11.9. The molecule has 0 saturated carbocycles. The van der Waals surface area contributed by atoms with E-state index in [2.05, 4.69) is 20.6 Å². The minimum absolute atomic E-state index is 0.122. The third-order valence-electron chi connectivity index (χ3n) is 2.80. The van der Waals surface area contributed by atoms with Crippen molar-refractivity contribution < 1.29 is 4.92 Å². The number of nitrogens with one attached hydrogen (secondary N) is 2. The summed E-state index contributed by atoms with van der Waals surface area (Å²) in [5, 5.41) is 17.0. The quantitative estimate of drug-likeness (QED) is 0.497. The Morgan fingerprint density at radius 1 is 1.33 bits per heavy atom. The second-order valence-electron chi connectivity index (χ2n) is 4.19. The van der Waals surface area contributed by atoms with E-state index < -0.39 is 4.92 Å². The molecule has 0 unspecified atom stereocenters. The lowest BCUT2D eigenvalue weighted by Gasteiger charge is -2.10. The van der Waals surface area contributed by atoms with Gasteiger partial charge in [0.1, 0.15) is 5.69 Å². The molecular weight excluding hydrogens is 290 g/mol. The molecule has 110 valence electrons. The van der Waals surface area contributed by atoms with Gasteiger partial charge in [0.05, 0.1) is 4.92 Å². The predicted octanol–water partition coefficient (Wildman–Crippen LogP) is 3.20. The first-order chi connectivity index (χ1) is 10.0. The van der Waals surface area contributed by atoms with Crippen molar-refractivity contribution in [2.24, 2.45) is 0 Å². The van der Waals surface area contributed by atoms with Crippen molar-refractivity contribution in [2.45, 2.75) is 11.8 Å². The van der Waals surface area contributed by atoms with E-state index in [0.717, 1.165) is 10.6 Å². The smallest absolute Gasteiger partial charge is 0.332 e. The largest absolute Gasteiger partial charge is 0.357 e. The van der Waals surface area contributed by atoms with Crippen LogP contribution in [-0.2, 0) is 0 Å².